The van der Waals surface area contributed by atoms with Crippen LogP contribution < -0.4 is 9.13 Å². The zero-order chi connectivity index (χ0) is 34.1. The van der Waals surface area contributed by atoms with E-state index in [-0.39, 0.29) is 10.8 Å². The highest BCUT2D eigenvalue weighted by Crippen LogP contribution is 2.51. The Morgan fingerprint density at radius 3 is 2.00 bits per heavy atom. The lowest BCUT2D eigenvalue weighted by Crippen LogP contribution is -2.47. The minimum atomic E-state index is -0.0389. The molecule has 10 rings (SSSR count). The van der Waals surface area contributed by atoms with E-state index in [0.717, 1.165) is 12.8 Å². The molecule has 2 heteroatoms. The van der Waals surface area contributed by atoms with Gasteiger partial charge in [0.2, 0.25) is 11.4 Å². The van der Waals surface area contributed by atoms with Gasteiger partial charge in [-0.3, -0.25) is 0 Å². The van der Waals surface area contributed by atoms with Gasteiger partial charge in [0, 0.05) is 29.7 Å². The van der Waals surface area contributed by atoms with E-state index in [1.54, 1.807) is 0 Å². The van der Waals surface area contributed by atoms with Crippen LogP contribution >= 0.6 is 0 Å². The molecule has 3 aliphatic rings. The number of rotatable bonds is 0. The highest BCUT2D eigenvalue weighted by Gasteiger charge is 2.42. The van der Waals surface area contributed by atoms with Crippen molar-refractivity contribution >= 4 is 32.9 Å². The number of hydrogen-bond donors (Lipinski definition) is 0. The number of nitrogens with zero attached hydrogens (tertiary/aromatic N) is 2. The maximum atomic E-state index is 2.55. The molecule has 1 aliphatic carbocycles. The van der Waals surface area contributed by atoms with E-state index in [9.17, 15) is 0 Å². The first-order valence-corrected chi connectivity index (χ1v) is 18.1. The smallest absolute Gasteiger partial charge is 0.158 e. The van der Waals surface area contributed by atoms with Gasteiger partial charge in [-0.05, 0) is 96.6 Å². The first-order valence-electron chi connectivity index (χ1n) is 18.1. The van der Waals surface area contributed by atoms with Crippen LogP contribution in [0.2, 0.25) is 0 Å². The molecule has 242 valence electrons. The summed E-state index contributed by atoms with van der Waals surface area (Å²) in [6, 6.07) is 41.8. The molecule has 0 fully saturated rings. The van der Waals surface area contributed by atoms with Crippen LogP contribution in [0.5, 0.6) is 0 Å². The third-order valence-electron chi connectivity index (χ3n) is 11.9. The Hall–Kier alpha value is -5.34. The number of fused-ring (bicyclic) bond motifs is 12. The first kappa shape index (κ1) is 29.6. The summed E-state index contributed by atoms with van der Waals surface area (Å²) in [5, 5.41) is 5.24. The quantitative estimate of drug-likeness (QED) is 0.114. The molecule has 5 aromatic carbocycles. The highest BCUT2D eigenvalue weighted by atomic mass is 15.1. The average Bonchev–Trinajstić information content (AvgIpc) is 3.34. The lowest BCUT2D eigenvalue weighted by atomic mass is 9.79. The fraction of sp³-hybridized carbons (Fsp3) is 0.208. The van der Waals surface area contributed by atoms with Gasteiger partial charge in [-0.15, -0.1) is 0 Å². The van der Waals surface area contributed by atoms with Crippen LogP contribution in [0.1, 0.15) is 68.0 Å². The predicted octanol–water partition coefficient (Wildman–Crippen LogP) is 10.8. The number of benzene rings is 5. The van der Waals surface area contributed by atoms with Gasteiger partial charge in [0.1, 0.15) is 0 Å². The van der Waals surface area contributed by atoms with E-state index in [2.05, 4.69) is 172 Å². The topological polar surface area (TPSA) is 7.76 Å². The molecule has 0 N–H and O–H groups in total. The summed E-state index contributed by atoms with van der Waals surface area (Å²) in [5.74, 6) is 0. The van der Waals surface area contributed by atoms with E-state index in [1.165, 1.54) is 100.0 Å². The second-order valence-corrected chi connectivity index (χ2v) is 16.4. The van der Waals surface area contributed by atoms with E-state index in [4.69, 9.17) is 0 Å². The SMILES string of the molecule is Cc1cc[n+]2c(c1)-c1cc3c(ccc4ccccc43)cc1C/C2=C1/Cc2cc3c(cc2-c2cc(C(C)(C)C)cc[n+]21)-c1ccccc1C3(C)C. The molecule has 7 aromatic rings. The van der Waals surface area contributed by atoms with Crippen LogP contribution in [0.25, 0.3) is 66.6 Å². The van der Waals surface area contributed by atoms with E-state index < -0.39 is 0 Å². The molecule has 4 heterocycles. The van der Waals surface area contributed by atoms with Crippen LogP contribution in [-0.4, -0.2) is 0 Å². The fourth-order valence-electron chi connectivity index (χ4n) is 9.14. The van der Waals surface area contributed by atoms with Crippen molar-refractivity contribution in [3.63, 3.8) is 0 Å². The van der Waals surface area contributed by atoms with Crippen molar-refractivity contribution in [3.8, 4) is 33.6 Å². The summed E-state index contributed by atoms with van der Waals surface area (Å²) in [7, 11) is 0. The first-order chi connectivity index (χ1) is 24.1. The summed E-state index contributed by atoms with van der Waals surface area (Å²) in [6.45, 7) is 14.0. The molecule has 0 atom stereocenters. The minimum Gasteiger partial charge on any atom is -0.158 e. The van der Waals surface area contributed by atoms with Gasteiger partial charge in [0.05, 0.1) is 24.0 Å². The molecular weight excluding hydrogens is 605 g/mol. The molecule has 0 radical (unpaired) electrons. The Kier molecular flexibility index (Phi) is 5.98. The molecule has 0 saturated carbocycles. The molecule has 50 heavy (non-hydrogen) atoms. The van der Waals surface area contributed by atoms with Crippen molar-refractivity contribution in [1.82, 2.24) is 0 Å². The second kappa shape index (κ2) is 10.1. The lowest BCUT2D eigenvalue weighted by Gasteiger charge is -2.26. The zero-order valence-electron chi connectivity index (χ0n) is 29.9. The summed E-state index contributed by atoms with van der Waals surface area (Å²) in [5.41, 5.74) is 19.1. The van der Waals surface area contributed by atoms with Gasteiger partial charge in [-0.25, -0.2) is 0 Å². The Labute approximate surface area is 295 Å². The van der Waals surface area contributed by atoms with E-state index in [1.807, 2.05) is 0 Å². The Bertz CT molecular complexity index is 2660. The molecule has 2 aliphatic heterocycles. The van der Waals surface area contributed by atoms with Gasteiger partial charge in [0.15, 0.2) is 12.4 Å². The largest absolute Gasteiger partial charge is 0.259 e. The number of aromatic nitrogens is 2. The van der Waals surface area contributed by atoms with Gasteiger partial charge >= 0.3 is 0 Å². The van der Waals surface area contributed by atoms with Gasteiger partial charge in [-0.1, -0.05) is 101 Å². The van der Waals surface area contributed by atoms with Crippen molar-refractivity contribution in [2.75, 3.05) is 0 Å². The maximum absolute atomic E-state index is 2.55. The Morgan fingerprint density at radius 2 is 1.20 bits per heavy atom. The van der Waals surface area contributed by atoms with Crippen molar-refractivity contribution in [1.29, 1.82) is 0 Å². The van der Waals surface area contributed by atoms with Gasteiger partial charge in [-0.2, -0.15) is 9.13 Å². The normalized spacial score (nSPS) is 16.8. The molecule has 0 amide bonds. The third-order valence-corrected chi connectivity index (χ3v) is 11.9. The monoisotopic (exact) mass is 646 g/mol. The standard InChI is InChI=1S/C48H42N2/c1-29-17-19-49-43(21-29)38-27-37-31(16-15-30-11-7-8-12-35(30)37)22-32(38)24-45(49)46-25-33-23-42-40(36-13-9-10-14-41(36)48(42,5)6)28-39(33)44-26-34(47(2,3)4)18-20-50(44)46/h7-23,26-28H,24-25H2,1-6H3/q+2/b46-45+. The third kappa shape index (κ3) is 4.14. The number of aryl methyl sites for hydroxylation is 1. The predicted molar refractivity (Wildman–Crippen MR) is 207 cm³/mol. The Balaban J connectivity index is 1.24. The summed E-state index contributed by atoms with van der Waals surface area (Å²) >= 11 is 0. The van der Waals surface area contributed by atoms with Crippen molar-refractivity contribution in [2.45, 2.75) is 65.2 Å². The number of pyridine rings is 2. The van der Waals surface area contributed by atoms with Crippen LogP contribution in [-0.2, 0) is 23.7 Å². The number of allylic oxidation sites excluding steroid dienone is 2. The van der Waals surface area contributed by atoms with Crippen LogP contribution in [0.15, 0.2) is 122 Å². The molecule has 0 unspecified atom stereocenters. The van der Waals surface area contributed by atoms with Gasteiger partial charge in [0.25, 0.3) is 11.4 Å². The van der Waals surface area contributed by atoms with E-state index in [0.29, 0.717) is 0 Å². The summed E-state index contributed by atoms with van der Waals surface area (Å²) < 4.78 is 5.01. The Morgan fingerprint density at radius 1 is 0.540 bits per heavy atom. The number of hydrogen-bond acceptors (Lipinski definition) is 0. The van der Waals surface area contributed by atoms with Crippen LogP contribution in [0.3, 0.4) is 0 Å². The highest BCUT2D eigenvalue weighted by molar-refractivity contribution is 6.09. The summed E-state index contributed by atoms with van der Waals surface area (Å²) in [6.07, 6.45) is 6.41. The van der Waals surface area contributed by atoms with Crippen LogP contribution in [0.4, 0.5) is 0 Å². The van der Waals surface area contributed by atoms with Crippen molar-refractivity contribution < 1.29 is 9.13 Å². The maximum Gasteiger partial charge on any atom is 0.259 e. The second-order valence-electron chi connectivity index (χ2n) is 16.4. The lowest BCUT2D eigenvalue weighted by molar-refractivity contribution is -0.602. The molecule has 0 bridgehead atoms. The van der Waals surface area contributed by atoms with Crippen molar-refractivity contribution in [3.05, 3.63) is 155 Å². The molecule has 2 nitrogen and oxygen atoms in total. The molecule has 0 spiro atoms. The minimum absolute atomic E-state index is 0.0389. The zero-order valence-corrected chi connectivity index (χ0v) is 29.9. The van der Waals surface area contributed by atoms with E-state index >= 15 is 0 Å². The van der Waals surface area contributed by atoms with Crippen LogP contribution in [0, 0.1) is 6.92 Å². The molecular formula is C48H42N2+2. The molecule has 0 saturated heterocycles. The van der Waals surface area contributed by atoms with Crippen molar-refractivity contribution in [2.24, 2.45) is 0 Å². The van der Waals surface area contributed by atoms with Gasteiger partial charge < -0.3 is 0 Å². The summed E-state index contributed by atoms with van der Waals surface area (Å²) in [4.78, 5) is 0. The molecule has 2 aromatic heterocycles. The fourth-order valence-corrected chi connectivity index (χ4v) is 9.14. The average molecular weight is 647 g/mol.